The van der Waals surface area contributed by atoms with Crippen molar-refractivity contribution >= 4 is 11.8 Å². The Hall–Kier alpha value is -1.10. The van der Waals surface area contributed by atoms with Crippen molar-refractivity contribution in [2.45, 2.75) is 65.0 Å². The highest BCUT2D eigenvalue weighted by molar-refractivity contribution is 6.01. The van der Waals surface area contributed by atoms with Crippen molar-refractivity contribution in [3.05, 3.63) is 0 Å². The Labute approximate surface area is 122 Å². The van der Waals surface area contributed by atoms with Crippen LogP contribution in [0, 0.1) is 0 Å². The maximum Gasteiger partial charge on any atom is 0.248 e. The van der Waals surface area contributed by atoms with Crippen molar-refractivity contribution in [3.63, 3.8) is 0 Å². The molecule has 0 aromatic rings. The molecule has 2 amide bonds. The Morgan fingerprint density at radius 3 is 2.35 bits per heavy atom. The van der Waals surface area contributed by atoms with Crippen LogP contribution in [-0.2, 0) is 14.3 Å². The first-order valence-electron chi connectivity index (χ1n) is 7.52. The third-order valence-corrected chi connectivity index (χ3v) is 4.08. The molecule has 0 aromatic heterocycles. The van der Waals surface area contributed by atoms with Gasteiger partial charge in [-0.15, -0.1) is 0 Å². The molecule has 0 bridgehead atoms. The molecule has 1 rings (SSSR count). The number of nitrogens with zero attached hydrogens (tertiary/aromatic N) is 1. The topological polar surface area (TPSA) is 58.6 Å². The third kappa shape index (κ3) is 3.32. The largest absolute Gasteiger partial charge is 0.380 e. The predicted octanol–water partition coefficient (Wildman–Crippen LogP) is 1.71. The first-order chi connectivity index (χ1) is 9.29. The van der Waals surface area contributed by atoms with Gasteiger partial charge in [0.05, 0.1) is 6.61 Å². The van der Waals surface area contributed by atoms with Gasteiger partial charge < -0.3 is 15.0 Å². The summed E-state index contributed by atoms with van der Waals surface area (Å²) in [5.41, 5.74) is -1.62. The lowest BCUT2D eigenvalue weighted by atomic mass is 9.86. The van der Waals surface area contributed by atoms with Gasteiger partial charge in [-0.05, 0) is 33.6 Å². The highest BCUT2D eigenvalue weighted by Gasteiger charge is 2.51. The summed E-state index contributed by atoms with van der Waals surface area (Å²) in [6.45, 7) is 11.0. The number of amides is 2. The summed E-state index contributed by atoms with van der Waals surface area (Å²) < 4.78 is 5.54. The molecule has 0 spiro atoms. The minimum absolute atomic E-state index is 0.0412. The van der Waals surface area contributed by atoms with Crippen LogP contribution >= 0.6 is 0 Å². The van der Waals surface area contributed by atoms with Gasteiger partial charge in [-0.1, -0.05) is 20.3 Å². The van der Waals surface area contributed by atoms with Crippen molar-refractivity contribution < 1.29 is 14.3 Å². The number of piperazine rings is 1. The monoisotopic (exact) mass is 284 g/mol. The standard InChI is InChI=1S/C15H28N2O3/c1-6-8-10-20-11-9-17-13(19)14(3,4)16-12(18)15(17,5)7-2/h6-11H2,1-5H3,(H,16,18). The zero-order chi connectivity index (χ0) is 15.4. The number of unbranched alkanes of at least 4 members (excludes halogenated alkanes) is 1. The van der Waals surface area contributed by atoms with Crippen LogP contribution in [0.5, 0.6) is 0 Å². The van der Waals surface area contributed by atoms with Crippen LogP contribution in [0.2, 0.25) is 0 Å². The molecule has 0 aliphatic carbocycles. The average molecular weight is 284 g/mol. The van der Waals surface area contributed by atoms with Crippen molar-refractivity contribution in [1.29, 1.82) is 0 Å². The van der Waals surface area contributed by atoms with E-state index in [9.17, 15) is 9.59 Å². The maximum atomic E-state index is 12.5. The summed E-state index contributed by atoms with van der Waals surface area (Å²) in [5.74, 6) is -0.126. The molecule has 116 valence electrons. The van der Waals surface area contributed by atoms with Gasteiger partial charge in [0.25, 0.3) is 0 Å². The van der Waals surface area contributed by atoms with Crippen molar-refractivity contribution in [3.8, 4) is 0 Å². The Balaban J connectivity index is 2.75. The van der Waals surface area contributed by atoms with E-state index in [1.807, 2.05) is 13.8 Å². The Morgan fingerprint density at radius 1 is 1.15 bits per heavy atom. The minimum atomic E-state index is -0.838. The second-order valence-corrected chi connectivity index (χ2v) is 6.13. The number of nitrogens with one attached hydrogen (secondary N) is 1. The van der Waals surface area contributed by atoms with Gasteiger partial charge in [0.2, 0.25) is 11.8 Å². The van der Waals surface area contributed by atoms with E-state index < -0.39 is 11.1 Å². The SMILES string of the molecule is CCCCOCCN1C(=O)C(C)(C)NC(=O)C1(C)CC. The first-order valence-corrected chi connectivity index (χ1v) is 7.52. The van der Waals surface area contributed by atoms with Gasteiger partial charge in [0.15, 0.2) is 0 Å². The molecule has 1 unspecified atom stereocenters. The smallest absolute Gasteiger partial charge is 0.248 e. The van der Waals surface area contributed by atoms with E-state index in [1.54, 1.807) is 18.7 Å². The fraction of sp³-hybridized carbons (Fsp3) is 0.867. The van der Waals surface area contributed by atoms with E-state index in [0.29, 0.717) is 26.2 Å². The zero-order valence-corrected chi connectivity index (χ0v) is 13.4. The van der Waals surface area contributed by atoms with E-state index in [0.717, 1.165) is 12.8 Å². The normalized spacial score (nSPS) is 25.8. The van der Waals surface area contributed by atoms with E-state index >= 15 is 0 Å². The summed E-state index contributed by atoms with van der Waals surface area (Å²) >= 11 is 0. The lowest BCUT2D eigenvalue weighted by molar-refractivity contribution is -0.161. The lowest BCUT2D eigenvalue weighted by Gasteiger charge is -2.48. The van der Waals surface area contributed by atoms with E-state index in [1.165, 1.54) is 0 Å². The number of carbonyl (C=O) groups excluding carboxylic acids is 2. The van der Waals surface area contributed by atoms with Crippen molar-refractivity contribution in [1.82, 2.24) is 10.2 Å². The minimum Gasteiger partial charge on any atom is -0.380 e. The fourth-order valence-corrected chi connectivity index (χ4v) is 2.36. The van der Waals surface area contributed by atoms with Crippen LogP contribution in [0.4, 0.5) is 0 Å². The predicted molar refractivity (Wildman–Crippen MR) is 78.4 cm³/mol. The third-order valence-electron chi connectivity index (χ3n) is 4.08. The molecule has 0 aromatic carbocycles. The van der Waals surface area contributed by atoms with Crippen LogP contribution in [0.3, 0.4) is 0 Å². The van der Waals surface area contributed by atoms with Crippen LogP contribution in [-0.4, -0.2) is 47.6 Å². The average Bonchev–Trinajstić information content (AvgIpc) is 2.39. The van der Waals surface area contributed by atoms with Crippen molar-refractivity contribution in [2.75, 3.05) is 19.8 Å². The summed E-state index contributed by atoms with van der Waals surface area (Å²) in [4.78, 5) is 26.5. The summed E-state index contributed by atoms with van der Waals surface area (Å²) in [6.07, 6.45) is 2.70. The highest BCUT2D eigenvalue weighted by Crippen LogP contribution is 2.28. The van der Waals surface area contributed by atoms with E-state index in [2.05, 4.69) is 12.2 Å². The molecule has 1 heterocycles. The summed E-state index contributed by atoms with van der Waals surface area (Å²) in [5, 5.41) is 2.82. The molecule has 5 heteroatoms. The molecular formula is C15H28N2O3. The Bertz CT molecular complexity index is 368. The van der Waals surface area contributed by atoms with Gasteiger partial charge in [-0.2, -0.15) is 0 Å². The molecule has 1 aliphatic rings. The first kappa shape index (κ1) is 17.0. The summed E-state index contributed by atoms with van der Waals surface area (Å²) in [6, 6.07) is 0. The molecule has 20 heavy (non-hydrogen) atoms. The molecule has 1 aliphatic heterocycles. The van der Waals surface area contributed by atoms with Crippen LogP contribution < -0.4 is 5.32 Å². The zero-order valence-electron chi connectivity index (χ0n) is 13.4. The van der Waals surface area contributed by atoms with Crippen LogP contribution in [0.15, 0.2) is 0 Å². The molecule has 1 fully saturated rings. The van der Waals surface area contributed by atoms with Gasteiger partial charge in [0.1, 0.15) is 11.1 Å². The molecule has 1 N–H and O–H groups in total. The van der Waals surface area contributed by atoms with Crippen LogP contribution in [0.1, 0.15) is 53.9 Å². The number of hydrogen-bond donors (Lipinski definition) is 1. The van der Waals surface area contributed by atoms with Gasteiger partial charge in [0, 0.05) is 13.2 Å². The second-order valence-electron chi connectivity index (χ2n) is 6.13. The summed E-state index contributed by atoms with van der Waals surface area (Å²) in [7, 11) is 0. The van der Waals surface area contributed by atoms with E-state index in [4.69, 9.17) is 4.74 Å². The van der Waals surface area contributed by atoms with E-state index in [-0.39, 0.29) is 11.8 Å². The quantitative estimate of drug-likeness (QED) is 0.724. The van der Waals surface area contributed by atoms with Gasteiger partial charge in [-0.3, -0.25) is 9.59 Å². The second kappa shape index (κ2) is 6.57. The molecule has 0 radical (unpaired) electrons. The Kier molecular flexibility index (Phi) is 5.57. The highest BCUT2D eigenvalue weighted by atomic mass is 16.5. The molecule has 5 nitrogen and oxygen atoms in total. The fourth-order valence-electron chi connectivity index (χ4n) is 2.36. The van der Waals surface area contributed by atoms with Gasteiger partial charge >= 0.3 is 0 Å². The number of carbonyl (C=O) groups is 2. The molecular weight excluding hydrogens is 256 g/mol. The van der Waals surface area contributed by atoms with Crippen LogP contribution in [0.25, 0.3) is 0 Å². The number of rotatable bonds is 7. The maximum absolute atomic E-state index is 12.5. The molecule has 1 saturated heterocycles. The van der Waals surface area contributed by atoms with Crippen molar-refractivity contribution in [2.24, 2.45) is 0 Å². The lowest BCUT2D eigenvalue weighted by Crippen LogP contribution is -2.73. The number of ether oxygens (including phenoxy) is 1. The Morgan fingerprint density at radius 2 is 1.80 bits per heavy atom. The molecule has 1 atom stereocenters. The van der Waals surface area contributed by atoms with Gasteiger partial charge in [-0.25, -0.2) is 0 Å². The number of hydrogen-bond acceptors (Lipinski definition) is 3. The molecule has 0 saturated carbocycles.